The molecule has 0 aromatic heterocycles. The largest absolute Gasteiger partial charge is 0.466 e. The van der Waals surface area contributed by atoms with Crippen LogP contribution < -0.4 is 0 Å². The molecule has 0 aliphatic heterocycles. The number of ether oxygens (including phenoxy) is 4. The van der Waals surface area contributed by atoms with Gasteiger partial charge in [-0.15, -0.1) is 0 Å². The molecule has 170 valence electrons. The summed E-state index contributed by atoms with van der Waals surface area (Å²) in [5.74, 6) is -3.14. The van der Waals surface area contributed by atoms with Gasteiger partial charge in [-0.05, 0) is 13.8 Å². The topological polar surface area (TPSA) is 105 Å². The minimum absolute atomic E-state index is 0.371. The third-order valence-electron chi connectivity index (χ3n) is 4.97. The normalized spacial score (nSPS) is 14.2. The van der Waals surface area contributed by atoms with E-state index in [0.717, 1.165) is 0 Å². The lowest BCUT2D eigenvalue weighted by atomic mass is 9.95. The lowest BCUT2D eigenvalue weighted by Gasteiger charge is -2.28. The van der Waals surface area contributed by atoms with E-state index in [2.05, 4.69) is 0 Å². The van der Waals surface area contributed by atoms with E-state index >= 15 is 0 Å². The standard InChI is InChI=1S/C24H26O8/c1-23(21(27)29-3,17-11-7-5-8-12-17)31-19(25)15-16-20(26)32-24(2,22(28)30-4)18-13-9-6-10-14-18/h5-14H,15-16H2,1-4H3. The molecule has 0 saturated carbocycles. The molecule has 0 amide bonds. The summed E-state index contributed by atoms with van der Waals surface area (Å²) in [6.45, 7) is 2.82. The van der Waals surface area contributed by atoms with Gasteiger partial charge in [0.25, 0.3) is 0 Å². The number of rotatable bonds is 9. The molecule has 2 rings (SSSR count). The minimum atomic E-state index is -1.68. The first kappa shape index (κ1) is 24.6. The van der Waals surface area contributed by atoms with Crippen LogP contribution in [0.4, 0.5) is 0 Å². The molecule has 0 bridgehead atoms. The van der Waals surface area contributed by atoms with Gasteiger partial charge in [0, 0.05) is 11.1 Å². The Kier molecular flexibility index (Phi) is 8.12. The molecule has 0 aliphatic rings. The van der Waals surface area contributed by atoms with Crippen molar-refractivity contribution >= 4 is 23.9 Å². The fourth-order valence-electron chi connectivity index (χ4n) is 3.10. The van der Waals surface area contributed by atoms with Crippen LogP contribution in [0.5, 0.6) is 0 Å². The maximum absolute atomic E-state index is 12.5. The summed E-state index contributed by atoms with van der Waals surface area (Å²) >= 11 is 0. The number of esters is 4. The lowest BCUT2D eigenvalue weighted by Crippen LogP contribution is -2.40. The number of hydrogen-bond donors (Lipinski definition) is 0. The first-order valence-electron chi connectivity index (χ1n) is 9.89. The van der Waals surface area contributed by atoms with Gasteiger partial charge in [0.2, 0.25) is 11.2 Å². The Bertz CT molecular complexity index is 877. The summed E-state index contributed by atoms with van der Waals surface area (Å²) < 4.78 is 20.4. The molecule has 0 spiro atoms. The van der Waals surface area contributed by atoms with E-state index in [4.69, 9.17) is 18.9 Å². The molecule has 0 aliphatic carbocycles. The van der Waals surface area contributed by atoms with Gasteiger partial charge >= 0.3 is 23.9 Å². The first-order valence-corrected chi connectivity index (χ1v) is 9.89. The van der Waals surface area contributed by atoms with E-state index in [1.54, 1.807) is 60.7 Å². The van der Waals surface area contributed by atoms with E-state index in [1.807, 2.05) is 0 Å². The number of benzene rings is 2. The van der Waals surface area contributed by atoms with Gasteiger partial charge in [0.05, 0.1) is 27.1 Å². The second-order valence-electron chi connectivity index (χ2n) is 7.23. The van der Waals surface area contributed by atoms with Crippen LogP contribution in [-0.4, -0.2) is 38.1 Å². The molecule has 2 aromatic rings. The third-order valence-corrected chi connectivity index (χ3v) is 4.97. The Morgan fingerprint density at radius 1 is 0.625 bits per heavy atom. The summed E-state index contributed by atoms with van der Waals surface area (Å²) in [4.78, 5) is 49.5. The Morgan fingerprint density at radius 3 is 1.22 bits per heavy atom. The van der Waals surface area contributed by atoms with E-state index < -0.39 is 35.1 Å². The molecule has 2 atom stereocenters. The summed E-state index contributed by atoms with van der Waals surface area (Å²) in [5.41, 5.74) is -2.52. The van der Waals surface area contributed by atoms with Crippen molar-refractivity contribution in [2.45, 2.75) is 37.9 Å². The average Bonchev–Trinajstić information content (AvgIpc) is 2.82. The van der Waals surface area contributed by atoms with Gasteiger partial charge in [0.1, 0.15) is 0 Å². The monoisotopic (exact) mass is 442 g/mol. The van der Waals surface area contributed by atoms with Crippen LogP contribution in [-0.2, 0) is 49.3 Å². The molecule has 2 unspecified atom stereocenters. The van der Waals surface area contributed by atoms with Crippen molar-refractivity contribution in [3.63, 3.8) is 0 Å². The summed E-state index contributed by atoms with van der Waals surface area (Å²) in [6.07, 6.45) is -0.741. The molecule has 0 N–H and O–H groups in total. The average molecular weight is 442 g/mol. The number of carbonyl (C=O) groups is 4. The number of methoxy groups -OCH3 is 2. The van der Waals surface area contributed by atoms with Gasteiger partial charge in [-0.1, -0.05) is 60.7 Å². The molecule has 2 aromatic carbocycles. The van der Waals surface area contributed by atoms with Crippen molar-refractivity contribution < 1.29 is 38.1 Å². The lowest BCUT2D eigenvalue weighted by molar-refractivity contribution is -0.184. The zero-order chi connectivity index (χ0) is 23.8. The van der Waals surface area contributed by atoms with Crippen LogP contribution in [0.25, 0.3) is 0 Å². The Labute approximate surface area is 186 Å². The summed E-state index contributed by atoms with van der Waals surface area (Å²) in [6, 6.07) is 16.8. The smallest absolute Gasteiger partial charge is 0.354 e. The van der Waals surface area contributed by atoms with Crippen LogP contribution in [0.15, 0.2) is 60.7 Å². The van der Waals surface area contributed by atoms with Crippen LogP contribution >= 0.6 is 0 Å². The van der Waals surface area contributed by atoms with E-state index in [9.17, 15) is 19.2 Å². The van der Waals surface area contributed by atoms with Crippen molar-refractivity contribution in [3.8, 4) is 0 Å². The molecule has 0 saturated heterocycles. The van der Waals surface area contributed by atoms with Crippen molar-refractivity contribution in [2.75, 3.05) is 14.2 Å². The summed E-state index contributed by atoms with van der Waals surface area (Å²) in [5, 5.41) is 0. The zero-order valence-electron chi connectivity index (χ0n) is 18.5. The molecule has 8 heteroatoms. The van der Waals surface area contributed by atoms with E-state index in [-0.39, 0.29) is 12.8 Å². The Hall–Kier alpha value is -3.68. The molecule has 0 fully saturated rings. The minimum Gasteiger partial charge on any atom is -0.466 e. The quantitative estimate of drug-likeness (QED) is 0.431. The van der Waals surface area contributed by atoms with Gasteiger partial charge in [-0.2, -0.15) is 0 Å². The first-order chi connectivity index (χ1) is 15.2. The fraction of sp³-hybridized carbons (Fsp3) is 0.333. The van der Waals surface area contributed by atoms with Gasteiger partial charge in [-0.25, -0.2) is 9.59 Å². The van der Waals surface area contributed by atoms with E-state index in [1.165, 1.54) is 28.1 Å². The zero-order valence-corrected chi connectivity index (χ0v) is 18.5. The molecule has 32 heavy (non-hydrogen) atoms. The molecule has 0 heterocycles. The Balaban J connectivity index is 2.08. The van der Waals surface area contributed by atoms with Gasteiger partial charge in [-0.3, -0.25) is 9.59 Å². The highest BCUT2D eigenvalue weighted by Crippen LogP contribution is 2.29. The van der Waals surface area contributed by atoms with Crippen LogP contribution in [0.1, 0.15) is 37.8 Å². The van der Waals surface area contributed by atoms with Crippen molar-refractivity contribution in [1.29, 1.82) is 0 Å². The fourth-order valence-corrected chi connectivity index (χ4v) is 3.10. The second kappa shape index (κ2) is 10.6. The predicted octanol–water partition coefficient (Wildman–Crippen LogP) is 3.03. The van der Waals surface area contributed by atoms with Crippen molar-refractivity contribution in [3.05, 3.63) is 71.8 Å². The molecular weight excluding hydrogens is 416 g/mol. The third kappa shape index (κ3) is 5.51. The van der Waals surface area contributed by atoms with Gasteiger partial charge in [0.15, 0.2) is 0 Å². The van der Waals surface area contributed by atoms with Crippen molar-refractivity contribution in [1.82, 2.24) is 0 Å². The van der Waals surface area contributed by atoms with E-state index in [0.29, 0.717) is 11.1 Å². The van der Waals surface area contributed by atoms with Crippen LogP contribution in [0.3, 0.4) is 0 Å². The van der Waals surface area contributed by atoms with Crippen molar-refractivity contribution in [2.24, 2.45) is 0 Å². The highest BCUT2D eigenvalue weighted by atomic mass is 16.6. The SMILES string of the molecule is COC(=O)C(C)(OC(=O)CCC(=O)OC(C)(C(=O)OC)c1ccccc1)c1ccccc1. The highest BCUT2D eigenvalue weighted by Gasteiger charge is 2.42. The molecular formula is C24H26O8. The van der Waals surface area contributed by atoms with Gasteiger partial charge < -0.3 is 18.9 Å². The maximum atomic E-state index is 12.5. The number of carbonyl (C=O) groups excluding carboxylic acids is 4. The molecule has 0 radical (unpaired) electrons. The predicted molar refractivity (Wildman–Crippen MR) is 113 cm³/mol. The van der Waals surface area contributed by atoms with Crippen LogP contribution in [0, 0.1) is 0 Å². The second-order valence-corrected chi connectivity index (χ2v) is 7.23. The molecule has 8 nitrogen and oxygen atoms in total. The maximum Gasteiger partial charge on any atom is 0.354 e. The Morgan fingerprint density at radius 2 is 0.938 bits per heavy atom. The number of hydrogen-bond acceptors (Lipinski definition) is 8. The summed E-state index contributed by atoms with van der Waals surface area (Å²) in [7, 11) is 2.37. The highest BCUT2D eigenvalue weighted by molar-refractivity contribution is 5.87. The van der Waals surface area contributed by atoms with Crippen LogP contribution in [0.2, 0.25) is 0 Å².